The predicted molar refractivity (Wildman–Crippen MR) is 100 cm³/mol. The number of hydrogen-bond acceptors (Lipinski definition) is 5. The second-order valence-electron chi connectivity index (χ2n) is 4.99. The second-order valence-corrected chi connectivity index (χ2v) is 5.84. The minimum atomic E-state index is -0.515. The van der Waals surface area contributed by atoms with Crippen molar-refractivity contribution in [1.29, 1.82) is 10.5 Å². The number of rotatable bonds is 6. The number of hydrogen-bond donors (Lipinski definition) is 1. The molecule has 0 aliphatic carbocycles. The minimum absolute atomic E-state index is 0.0431. The molecule has 1 N–H and O–H groups in total. The van der Waals surface area contributed by atoms with E-state index in [-0.39, 0.29) is 12.2 Å². The summed E-state index contributed by atoms with van der Waals surface area (Å²) >= 11 is 3.33. The van der Waals surface area contributed by atoms with Crippen molar-refractivity contribution in [2.45, 2.75) is 0 Å². The zero-order valence-electron chi connectivity index (χ0n) is 13.8. The van der Waals surface area contributed by atoms with Gasteiger partial charge in [0.2, 0.25) is 0 Å². The van der Waals surface area contributed by atoms with E-state index in [2.05, 4.69) is 21.2 Å². The lowest BCUT2D eigenvalue weighted by molar-refractivity contribution is -0.112. The van der Waals surface area contributed by atoms with E-state index in [1.165, 1.54) is 6.08 Å². The first kappa shape index (κ1) is 19.0. The number of ether oxygens (including phenoxy) is 2. The summed E-state index contributed by atoms with van der Waals surface area (Å²) in [6, 6.07) is 15.6. The molecule has 0 saturated carbocycles. The van der Waals surface area contributed by atoms with Crippen LogP contribution in [0.4, 0.5) is 5.69 Å². The lowest BCUT2D eigenvalue weighted by atomic mass is 10.1. The smallest absolute Gasteiger partial charge is 0.266 e. The normalized spacial score (nSPS) is 10.4. The Morgan fingerprint density at radius 3 is 2.54 bits per heavy atom. The number of halogens is 1. The first-order valence-corrected chi connectivity index (χ1v) is 8.23. The van der Waals surface area contributed by atoms with Gasteiger partial charge < -0.3 is 14.8 Å². The minimum Gasteiger partial charge on any atom is -0.497 e. The third kappa shape index (κ3) is 5.10. The van der Waals surface area contributed by atoms with Gasteiger partial charge >= 0.3 is 0 Å². The molecule has 0 aliphatic heterocycles. The van der Waals surface area contributed by atoms with Crippen LogP contribution in [0, 0.1) is 22.7 Å². The van der Waals surface area contributed by atoms with Crippen LogP contribution in [0.25, 0.3) is 6.08 Å². The Balaban J connectivity index is 2.15. The molecular formula is C19H14BrN3O3. The fourth-order valence-electron chi connectivity index (χ4n) is 2.02. The summed E-state index contributed by atoms with van der Waals surface area (Å²) in [5.74, 6) is 0.658. The molecule has 6 nitrogen and oxygen atoms in total. The van der Waals surface area contributed by atoms with E-state index in [0.717, 1.165) is 0 Å². The predicted octanol–water partition coefficient (Wildman–Crippen LogP) is 3.91. The molecule has 0 atom stereocenters. The molecule has 2 aromatic carbocycles. The van der Waals surface area contributed by atoms with Crippen LogP contribution in [0.3, 0.4) is 0 Å². The van der Waals surface area contributed by atoms with Crippen LogP contribution in [0.1, 0.15) is 5.56 Å². The molecule has 1 amide bonds. The van der Waals surface area contributed by atoms with Gasteiger partial charge in [-0.05, 0) is 64.0 Å². The molecule has 2 rings (SSSR count). The van der Waals surface area contributed by atoms with Crippen molar-refractivity contribution in [2.24, 2.45) is 0 Å². The molecule has 0 bridgehead atoms. The van der Waals surface area contributed by atoms with Gasteiger partial charge in [-0.1, -0.05) is 6.07 Å². The highest BCUT2D eigenvalue weighted by Gasteiger charge is 2.10. The van der Waals surface area contributed by atoms with Crippen molar-refractivity contribution < 1.29 is 14.3 Å². The average molecular weight is 412 g/mol. The van der Waals surface area contributed by atoms with Gasteiger partial charge in [0.25, 0.3) is 5.91 Å². The molecule has 0 spiro atoms. The number of anilines is 1. The van der Waals surface area contributed by atoms with Crippen molar-refractivity contribution in [1.82, 2.24) is 0 Å². The van der Waals surface area contributed by atoms with Crippen LogP contribution >= 0.6 is 15.9 Å². The van der Waals surface area contributed by atoms with Gasteiger partial charge in [0.1, 0.15) is 29.2 Å². The highest BCUT2D eigenvalue weighted by molar-refractivity contribution is 9.10. The summed E-state index contributed by atoms with van der Waals surface area (Å²) in [5.41, 5.74) is 1.15. The standard InChI is InChI=1S/C19H14BrN3O3/c1-25-16-5-3-15(4-6-16)23-19(24)14(12-22)10-13-2-7-18(17(20)11-13)26-9-8-21/h2-7,10-11H,9H2,1H3,(H,23,24)/b14-10-. The highest BCUT2D eigenvalue weighted by Crippen LogP contribution is 2.27. The van der Waals surface area contributed by atoms with Crippen molar-refractivity contribution >= 4 is 33.6 Å². The van der Waals surface area contributed by atoms with E-state index in [1.54, 1.807) is 49.6 Å². The van der Waals surface area contributed by atoms with Crippen molar-refractivity contribution in [2.75, 3.05) is 19.0 Å². The van der Waals surface area contributed by atoms with E-state index in [0.29, 0.717) is 27.2 Å². The van der Waals surface area contributed by atoms with Gasteiger partial charge in [-0.25, -0.2) is 0 Å². The highest BCUT2D eigenvalue weighted by atomic mass is 79.9. The molecule has 0 heterocycles. The summed E-state index contributed by atoms with van der Waals surface area (Å²) < 4.78 is 10.9. The number of nitrogens with one attached hydrogen (secondary N) is 1. The molecule has 0 fully saturated rings. The van der Waals surface area contributed by atoms with Crippen LogP contribution < -0.4 is 14.8 Å². The zero-order chi connectivity index (χ0) is 18.9. The third-order valence-electron chi connectivity index (χ3n) is 3.27. The van der Waals surface area contributed by atoms with E-state index < -0.39 is 5.91 Å². The Labute approximate surface area is 159 Å². The zero-order valence-corrected chi connectivity index (χ0v) is 15.4. The summed E-state index contributed by atoms with van der Waals surface area (Å²) in [6.45, 7) is -0.0680. The van der Waals surface area contributed by atoms with E-state index >= 15 is 0 Å². The lowest BCUT2D eigenvalue weighted by Gasteiger charge is -2.07. The van der Waals surface area contributed by atoms with Gasteiger partial charge in [0.15, 0.2) is 6.61 Å². The number of nitriles is 2. The van der Waals surface area contributed by atoms with Crippen molar-refractivity contribution in [3.8, 4) is 23.6 Å². The molecule has 0 aliphatic rings. The topological polar surface area (TPSA) is 95.1 Å². The molecule has 26 heavy (non-hydrogen) atoms. The van der Waals surface area contributed by atoms with Crippen LogP contribution in [-0.2, 0) is 4.79 Å². The molecule has 0 unspecified atom stereocenters. The Morgan fingerprint density at radius 2 is 1.96 bits per heavy atom. The van der Waals surface area contributed by atoms with Crippen LogP contribution in [0.5, 0.6) is 11.5 Å². The lowest BCUT2D eigenvalue weighted by Crippen LogP contribution is -2.13. The van der Waals surface area contributed by atoms with E-state index in [4.69, 9.17) is 14.7 Å². The Morgan fingerprint density at radius 1 is 1.23 bits per heavy atom. The summed E-state index contributed by atoms with van der Waals surface area (Å²) in [6.07, 6.45) is 1.47. The first-order chi connectivity index (χ1) is 12.6. The molecule has 130 valence electrons. The number of amides is 1. The van der Waals surface area contributed by atoms with E-state index in [9.17, 15) is 10.1 Å². The number of benzene rings is 2. The monoisotopic (exact) mass is 411 g/mol. The molecule has 0 radical (unpaired) electrons. The largest absolute Gasteiger partial charge is 0.497 e. The fraction of sp³-hybridized carbons (Fsp3) is 0.105. The van der Waals surface area contributed by atoms with Gasteiger partial charge in [-0.15, -0.1) is 0 Å². The number of carbonyl (C=O) groups excluding carboxylic acids is 1. The van der Waals surface area contributed by atoms with Crippen LogP contribution in [0.2, 0.25) is 0 Å². The van der Waals surface area contributed by atoms with Crippen molar-refractivity contribution in [3.05, 3.63) is 58.1 Å². The van der Waals surface area contributed by atoms with Gasteiger partial charge in [0.05, 0.1) is 11.6 Å². The SMILES string of the molecule is COc1ccc(NC(=O)/C(C#N)=C\c2ccc(OCC#N)c(Br)c2)cc1. The molecule has 7 heteroatoms. The molecule has 2 aromatic rings. The maximum atomic E-state index is 12.3. The fourth-order valence-corrected chi connectivity index (χ4v) is 2.53. The summed E-state index contributed by atoms with van der Waals surface area (Å²) in [5, 5.41) is 20.5. The van der Waals surface area contributed by atoms with Crippen LogP contribution in [0.15, 0.2) is 52.5 Å². The van der Waals surface area contributed by atoms with Gasteiger partial charge in [-0.2, -0.15) is 10.5 Å². The third-order valence-corrected chi connectivity index (χ3v) is 3.89. The van der Waals surface area contributed by atoms with Crippen LogP contribution in [-0.4, -0.2) is 19.6 Å². The van der Waals surface area contributed by atoms with E-state index in [1.807, 2.05) is 12.1 Å². The first-order valence-electron chi connectivity index (χ1n) is 7.44. The molecule has 0 aromatic heterocycles. The summed E-state index contributed by atoms with van der Waals surface area (Å²) in [7, 11) is 1.55. The van der Waals surface area contributed by atoms with Gasteiger partial charge in [-0.3, -0.25) is 4.79 Å². The van der Waals surface area contributed by atoms with Gasteiger partial charge in [0, 0.05) is 5.69 Å². The molecular weight excluding hydrogens is 398 g/mol. The number of methoxy groups -OCH3 is 1. The number of carbonyl (C=O) groups is 1. The molecule has 0 saturated heterocycles. The average Bonchev–Trinajstić information content (AvgIpc) is 2.66. The Kier molecular flexibility index (Phi) is 6.78. The van der Waals surface area contributed by atoms with Crippen molar-refractivity contribution in [3.63, 3.8) is 0 Å². The second kappa shape index (κ2) is 9.26. The Hall–Kier alpha value is -3.29. The maximum Gasteiger partial charge on any atom is 0.266 e. The number of nitrogens with zero attached hydrogens (tertiary/aromatic N) is 2. The quantitative estimate of drug-likeness (QED) is 0.574. The maximum absolute atomic E-state index is 12.3. The Bertz CT molecular complexity index is 909. The summed E-state index contributed by atoms with van der Waals surface area (Å²) in [4.78, 5) is 12.3.